The van der Waals surface area contributed by atoms with E-state index in [0.717, 1.165) is 32.2 Å². The maximum atomic E-state index is 5.29. The van der Waals surface area contributed by atoms with Crippen LogP contribution >= 0.6 is 0 Å². The van der Waals surface area contributed by atoms with Gasteiger partial charge in [-0.15, -0.1) is 0 Å². The molecular weight excluding hydrogens is 138 g/mol. The summed E-state index contributed by atoms with van der Waals surface area (Å²) in [5.74, 6) is 1.02. The molecule has 0 amide bonds. The van der Waals surface area contributed by atoms with Crippen LogP contribution in [0.3, 0.4) is 0 Å². The van der Waals surface area contributed by atoms with E-state index in [0.29, 0.717) is 0 Å². The molecule has 2 fully saturated rings. The Morgan fingerprint density at radius 1 is 1.18 bits per heavy atom. The van der Waals surface area contributed by atoms with Crippen molar-refractivity contribution >= 4 is 0 Å². The highest BCUT2D eigenvalue weighted by molar-refractivity contribution is 4.74. The molecule has 64 valence electrons. The fourth-order valence-corrected chi connectivity index (χ4v) is 1.82. The third kappa shape index (κ3) is 1.94. The Balaban J connectivity index is 1.67. The normalized spacial score (nSPS) is 28.4. The summed E-state index contributed by atoms with van der Waals surface area (Å²) in [5, 5.41) is 0. The molecule has 2 rings (SSSR count). The zero-order chi connectivity index (χ0) is 7.52. The van der Waals surface area contributed by atoms with E-state index >= 15 is 0 Å². The number of rotatable bonds is 2. The summed E-state index contributed by atoms with van der Waals surface area (Å²) in [6.07, 6.45) is 4.41. The minimum absolute atomic E-state index is 0.951. The highest BCUT2D eigenvalue weighted by atomic mass is 16.5. The van der Waals surface area contributed by atoms with Crippen LogP contribution in [0.2, 0.25) is 0 Å². The summed E-state index contributed by atoms with van der Waals surface area (Å²) in [5.41, 5.74) is 0. The molecule has 11 heavy (non-hydrogen) atoms. The lowest BCUT2D eigenvalue weighted by molar-refractivity contribution is 0.0241. The Morgan fingerprint density at radius 2 is 1.91 bits per heavy atom. The van der Waals surface area contributed by atoms with Crippen molar-refractivity contribution in [2.75, 3.05) is 32.8 Å². The largest absolute Gasteiger partial charge is 0.379 e. The van der Waals surface area contributed by atoms with E-state index in [1.165, 1.54) is 25.8 Å². The molecule has 0 aromatic heterocycles. The van der Waals surface area contributed by atoms with Crippen LogP contribution in [0.4, 0.5) is 0 Å². The van der Waals surface area contributed by atoms with Crippen molar-refractivity contribution in [3.63, 3.8) is 0 Å². The molecule has 0 bridgehead atoms. The molecule has 2 nitrogen and oxygen atoms in total. The molecule has 2 aliphatic rings. The van der Waals surface area contributed by atoms with Gasteiger partial charge in [-0.2, -0.15) is 0 Å². The highest BCUT2D eigenvalue weighted by Gasteiger charge is 2.21. The van der Waals surface area contributed by atoms with E-state index in [1.54, 1.807) is 0 Å². The smallest absolute Gasteiger partial charge is 0.0594 e. The van der Waals surface area contributed by atoms with E-state index in [1.807, 2.05) is 0 Å². The minimum atomic E-state index is 0.951. The Hall–Kier alpha value is -0.0800. The molecule has 0 atom stereocenters. The molecule has 0 aromatic carbocycles. The summed E-state index contributed by atoms with van der Waals surface area (Å²) >= 11 is 0. The van der Waals surface area contributed by atoms with Gasteiger partial charge in [0.05, 0.1) is 13.2 Å². The van der Waals surface area contributed by atoms with Gasteiger partial charge in [0.15, 0.2) is 0 Å². The predicted molar refractivity (Wildman–Crippen MR) is 44.6 cm³/mol. The standard InChI is InChI=1S/C9H17NO/c1-2-9(3-1)8-10-4-6-11-7-5-10/h9H,1-8H2. The van der Waals surface area contributed by atoms with E-state index < -0.39 is 0 Å². The third-order valence-corrected chi connectivity index (χ3v) is 2.84. The first-order valence-corrected chi connectivity index (χ1v) is 4.75. The average Bonchev–Trinajstić information content (AvgIpc) is 1.99. The molecular formula is C9H17NO. The Kier molecular flexibility index (Phi) is 2.44. The van der Waals surface area contributed by atoms with Gasteiger partial charge in [-0.25, -0.2) is 0 Å². The molecule has 1 saturated carbocycles. The zero-order valence-corrected chi connectivity index (χ0v) is 7.09. The monoisotopic (exact) mass is 155 g/mol. The summed E-state index contributed by atoms with van der Waals surface area (Å²) in [4.78, 5) is 2.55. The maximum absolute atomic E-state index is 5.29. The summed E-state index contributed by atoms with van der Waals surface area (Å²) < 4.78 is 5.29. The first kappa shape index (κ1) is 7.56. The molecule has 0 N–H and O–H groups in total. The van der Waals surface area contributed by atoms with Crippen LogP contribution in [0.25, 0.3) is 0 Å². The lowest BCUT2D eigenvalue weighted by atomic mass is 9.85. The molecule has 1 saturated heterocycles. The fourth-order valence-electron chi connectivity index (χ4n) is 1.82. The Labute approximate surface area is 68.5 Å². The minimum Gasteiger partial charge on any atom is -0.379 e. The van der Waals surface area contributed by atoms with Gasteiger partial charge in [-0.05, 0) is 18.8 Å². The van der Waals surface area contributed by atoms with Gasteiger partial charge < -0.3 is 4.74 Å². The van der Waals surface area contributed by atoms with Crippen LogP contribution in [0.15, 0.2) is 0 Å². The molecule has 0 unspecified atom stereocenters. The van der Waals surface area contributed by atoms with Crippen molar-refractivity contribution in [3.05, 3.63) is 0 Å². The summed E-state index contributed by atoms with van der Waals surface area (Å²) in [6.45, 7) is 5.57. The predicted octanol–water partition coefficient (Wildman–Crippen LogP) is 1.12. The number of nitrogens with zero attached hydrogens (tertiary/aromatic N) is 1. The van der Waals surface area contributed by atoms with Gasteiger partial charge in [-0.1, -0.05) is 6.42 Å². The first-order valence-electron chi connectivity index (χ1n) is 4.75. The van der Waals surface area contributed by atoms with Crippen LogP contribution < -0.4 is 0 Å². The number of hydrogen-bond donors (Lipinski definition) is 0. The quantitative estimate of drug-likeness (QED) is 0.592. The van der Waals surface area contributed by atoms with Gasteiger partial charge in [0.1, 0.15) is 0 Å². The molecule has 2 heteroatoms. The molecule has 1 aliphatic carbocycles. The van der Waals surface area contributed by atoms with Crippen molar-refractivity contribution in [1.29, 1.82) is 0 Å². The van der Waals surface area contributed by atoms with Crippen LogP contribution in [0, 0.1) is 5.92 Å². The molecule has 1 heterocycles. The third-order valence-electron chi connectivity index (χ3n) is 2.84. The van der Waals surface area contributed by atoms with Crippen LogP contribution in [0.5, 0.6) is 0 Å². The van der Waals surface area contributed by atoms with Gasteiger partial charge in [0.25, 0.3) is 0 Å². The van der Waals surface area contributed by atoms with Crippen molar-refractivity contribution in [1.82, 2.24) is 4.90 Å². The second-order valence-electron chi connectivity index (χ2n) is 3.71. The van der Waals surface area contributed by atoms with E-state index in [2.05, 4.69) is 4.90 Å². The van der Waals surface area contributed by atoms with Crippen molar-refractivity contribution in [2.45, 2.75) is 19.3 Å². The van der Waals surface area contributed by atoms with Crippen LogP contribution in [-0.4, -0.2) is 37.7 Å². The van der Waals surface area contributed by atoms with Crippen molar-refractivity contribution < 1.29 is 4.74 Å². The zero-order valence-electron chi connectivity index (χ0n) is 7.09. The molecule has 0 radical (unpaired) electrons. The topological polar surface area (TPSA) is 12.5 Å². The van der Waals surface area contributed by atoms with Crippen molar-refractivity contribution in [3.8, 4) is 0 Å². The Morgan fingerprint density at radius 3 is 2.45 bits per heavy atom. The SMILES string of the molecule is C1CC(CN2CCOCC2)C1. The van der Waals surface area contributed by atoms with Crippen LogP contribution in [0.1, 0.15) is 19.3 Å². The number of morpholine rings is 1. The fraction of sp³-hybridized carbons (Fsp3) is 1.00. The van der Waals surface area contributed by atoms with E-state index in [-0.39, 0.29) is 0 Å². The lowest BCUT2D eigenvalue weighted by Gasteiger charge is -2.34. The second kappa shape index (κ2) is 3.55. The average molecular weight is 155 g/mol. The van der Waals surface area contributed by atoms with Gasteiger partial charge in [0, 0.05) is 19.6 Å². The molecule has 0 spiro atoms. The van der Waals surface area contributed by atoms with E-state index in [4.69, 9.17) is 4.74 Å². The lowest BCUT2D eigenvalue weighted by Crippen LogP contribution is -2.40. The van der Waals surface area contributed by atoms with Gasteiger partial charge in [0.2, 0.25) is 0 Å². The first-order chi connectivity index (χ1) is 5.45. The van der Waals surface area contributed by atoms with Gasteiger partial charge >= 0.3 is 0 Å². The van der Waals surface area contributed by atoms with Gasteiger partial charge in [-0.3, -0.25) is 4.90 Å². The van der Waals surface area contributed by atoms with Crippen LogP contribution in [-0.2, 0) is 4.74 Å². The molecule has 0 aromatic rings. The highest BCUT2D eigenvalue weighted by Crippen LogP contribution is 2.27. The van der Waals surface area contributed by atoms with E-state index in [9.17, 15) is 0 Å². The number of ether oxygens (including phenoxy) is 1. The number of hydrogen-bond acceptors (Lipinski definition) is 2. The summed E-state index contributed by atoms with van der Waals surface area (Å²) in [6, 6.07) is 0. The maximum Gasteiger partial charge on any atom is 0.0594 e. The second-order valence-corrected chi connectivity index (χ2v) is 3.71. The Bertz CT molecular complexity index is 117. The summed E-state index contributed by atoms with van der Waals surface area (Å²) in [7, 11) is 0. The van der Waals surface area contributed by atoms with Crippen molar-refractivity contribution in [2.24, 2.45) is 5.92 Å². The molecule has 1 aliphatic heterocycles.